The van der Waals surface area contributed by atoms with E-state index in [0.717, 1.165) is 6.54 Å². The summed E-state index contributed by atoms with van der Waals surface area (Å²) in [6, 6.07) is 0. The van der Waals surface area contributed by atoms with E-state index in [2.05, 4.69) is 13.8 Å². The van der Waals surface area contributed by atoms with Gasteiger partial charge in [-0.3, -0.25) is 4.90 Å². The quantitative estimate of drug-likeness (QED) is 0.589. The van der Waals surface area contributed by atoms with Gasteiger partial charge in [-0.1, -0.05) is 20.3 Å². The maximum atomic E-state index is 8.68. The summed E-state index contributed by atoms with van der Waals surface area (Å²) in [7, 11) is 1.94. The highest BCUT2D eigenvalue weighted by Gasteiger charge is 2.02. The Morgan fingerprint density at radius 1 is 1.50 bits per heavy atom. The van der Waals surface area contributed by atoms with E-state index >= 15 is 0 Å². The Morgan fingerprint density at radius 2 is 2.10 bits per heavy atom. The highest BCUT2D eigenvalue weighted by Crippen LogP contribution is 2.05. The van der Waals surface area contributed by atoms with Gasteiger partial charge in [0.05, 0.1) is 6.73 Å². The highest BCUT2D eigenvalue weighted by atomic mass is 16.3. The first kappa shape index (κ1) is 9.92. The van der Waals surface area contributed by atoms with Crippen LogP contribution in [0.15, 0.2) is 0 Å². The van der Waals surface area contributed by atoms with E-state index in [4.69, 9.17) is 5.11 Å². The smallest absolute Gasteiger partial charge is 0.0954 e. The van der Waals surface area contributed by atoms with Gasteiger partial charge in [0, 0.05) is 6.54 Å². The number of hydrogen-bond donors (Lipinski definition) is 1. The second-order valence-electron chi connectivity index (χ2n) is 3.07. The monoisotopic (exact) mass is 145 g/mol. The van der Waals surface area contributed by atoms with E-state index in [1.807, 2.05) is 11.9 Å². The molecule has 0 fully saturated rings. The largest absolute Gasteiger partial charge is 0.381 e. The van der Waals surface area contributed by atoms with Gasteiger partial charge in [-0.2, -0.15) is 0 Å². The molecule has 0 aliphatic rings. The molecule has 0 heterocycles. The van der Waals surface area contributed by atoms with Crippen LogP contribution in [-0.2, 0) is 0 Å². The molecule has 1 atom stereocenters. The fourth-order valence-corrected chi connectivity index (χ4v) is 1.17. The second-order valence-corrected chi connectivity index (χ2v) is 3.07. The predicted molar refractivity (Wildman–Crippen MR) is 43.8 cm³/mol. The third-order valence-corrected chi connectivity index (χ3v) is 1.65. The van der Waals surface area contributed by atoms with Crippen molar-refractivity contribution in [1.82, 2.24) is 4.90 Å². The summed E-state index contributed by atoms with van der Waals surface area (Å²) in [5.74, 6) is 0.710. The summed E-state index contributed by atoms with van der Waals surface area (Å²) < 4.78 is 0. The summed E-state index contributed by atoms with van der Waals surface area (Å²) in [6.07, 6.45) is 2.49. The molecule has 0 aromatic heterocycles. The van der Waals surface area contributed by atoms with E-state index in [1.165, 1.54) is 12.8 Å². The van der Waals surface area contributed by atoms with Gasteiger partial charge in [0.25, 0.3) is 0 Å². The fourth-order valence-electron chi connectivity index (χ4n) is 1.17. The van der Waals surface area contributed by atoms with E-state index < -0.39 is 0 Å². The van der Waals surface area contributed by atoms with Gasteiger partial charge in [0.15, 0.2) is 0 Å². The Kier molecular flexibility index (Phi) is 5.64. The topological polar surface area (TPSA) is 23.5 Å². The average Bonchev–Trinajstić information content (AvgIpc) is 1.88. The van der Waals surface area contributed by atoms with Crippen molar-refractivity contribution in [2.24, 2.45) is 5.92 Å². The van der Waals surface area contributed by atoms with Crippen molar-refractivity contribution in [2.75, 3.05) is 20.3 Å². The van der Waals surface area contributed by atoms with Gasteiger partial charge in [-0.05, 0) is 19.4 Å². The van der Waals surface area contributed by atoms with Crippen molar-refractivity contribution in [2.45, 2.75) is 26.7 Å². The molecule has 2 nitrogen and oxygen atoms in total. The highest BCUT2D eigenvalue weighted by molar-refractivity contribution is 4.55. The summed E-state index contributed by atoms with van der Waals surface area (Å²) >= 11 is 0. The Labute approximate surface area is 63.8 Å². The average molecular weight is 145 g/mol. The zero-order valence-corrected chi connectivity index (χ0v) is 7.30. The molecule has 1 unspecified atom stereocenters. The molecule has 0 aromatic carbocycles. The van der Waals surface area contributed by atoms with Gasteiger partial charge in [-0.15, -0.1) is 0 Å². The van der Waals surface area contributed by atoms with Crippen LogP contribution in [0.4, 0.5) is 0 Å². The molecule has 0 aliphatic carbocycles. The van der Waals surface area contributed by atoms with Crippen LogP contribution in [0.2, 0.25) is 0 Å². The number of aliphatic hydroxyl groups excluding tert-OH is 1. The van der Waals surface area contributed by atoms with Crippen molar-refractivity contribution in [1.29, 1.82) is 0 Å². The van der Waals surface area contributed by atoms with Gasteiger partial charge in [0.1, 0.15) is 0 Å². The Bertz CT molecular complexity index is 75.7. The molecule has 0 saturated carbocycles. The SMILES string of the molecule is CCCC(C)CN(C)CO. The van der Waals surface area contributed by atoms with Crippen molar-refractivity contribution < 1.29 is 5.11 Å². The van der Waals surface area contributed by atoms with Crippen molar-refractivity contribution >= 4 is 0 Å². The number of aliphatic hydroxyl groups is 1. The lowest BCUT2D eigenvalue weighted by Gasteiger charge is -2.17. The predicted octanol–water partition coefficient (Wildman–Crippen LogP) is 1.30. The molecular weight excluding hydrogens is 126 g/mol. The number of nitrogens with zero attached hydrogens (tertiary/aromatic N) is 1. The molecule has 0 spiro atoms. The minimum atomic E-state index is 0.175. The molecule has 0 saturated heterocycles. The summed E-state index contributed by atoms with van der Waals surface area (Å²) in [5.41, 5.74) is 0. The van der Waals surface area contributed by atoms with Crippen LogP contribution in [0.3, 0.4) is 0 Å². The second kappa shape index (κ2) is 5.69. The molecule has 0 rings (SSSR count). The molecule has 0 bridgehead atoms. The zero-order chi connectivity index (χ0) is 7.98. The minimum Gasteiger partial charge on any atom is -0.381 e. The lowest BCUT2D eigenvalue weighted by molar-refractivity contribution is 0.117. The molecule has 0 amide bonds. The lowest BCUT2D eigenvalue weighted by atomic mass is 10.1. The van der Waals surface area contributed by atoms with E-state index in [0.29, 0.717) is 5.92 Å². The van der Waals surface area contributed by atoms with Gasteiger partial charge >= 0.3 is 0 Å². The van der Waals surface area contributed by atoms with Crippen LogP contribution in [0.25, 0.3) is 0 Å². The standard InChI is InChI=1S/C8H19NO/c1-4-5-8(2)6-9(3)7-10/h8,10H,4-7H2,1-3H3. The van der Waals surface area contributed by atoms with E-state index in [1.54, 1.807) is 0 Å². The number of rotatable bonds is 5. The molecule has 10 heavy (non-hydrogen) atoms. The van der Waals surface area contributed by atoms with Crippen molar-refractivity contribution in [3.8, 4) is 0 Å². The molecular formula is C8H19NO. The van der Waals surface area contributed by atoms with Crippen LogP contribution in [0.1, 0.15) is 26.7 Å². The third-order valence-electron chi connectivity index (χ3n) is 1.65. The van der Waals surface area contributed by atoms with Crippen LogP contribution >= 0.6 is 0 Å². The molecule has 0 aliphatic heterocycles. The van der Waals surface area contributed by atoms with Crippen molar-refractivity contribution in [3.63, 3.8) is 0 Å². The molecule has 0 aromatic rings. The van der Waals surface area contributed by atoms with E-state index in [-0.39, 0.29) is 6.73 Å². The Morgan fingerprint density at radius 3 is 2.50 bits per heavy atom. The lowest BCUT2D eigenvalue weighted by Crippen LogP contribution is -2.25. The maximum absolute atomic E-state index is 8.68. The van der Waals surface area contributed by atoms with Crippen LogP contribution in [0.5, 0.6) is 0 Å². The zero-order valence-electron chi connectivity index (χ0n) is 7.30. The summed E-state index contributed by atoms with van der Waals surface area (Å²) in [6.45, 7) is 5.59. The van der Waals surface area contributed by atoms with Gasteiger partial charge < -0.3 is 5.11 Å². The summed E-state index contributed by atoms with van der Waals surface area (Å²) in [5, 5.41) is 8.68. The minimum absolute atomic E-state index is 0.175. The first-order valence-electron chi connectivity index (χ1n) is 4.00. The molecule has 1 N–H and O–H groups in total. The maximum Gasteiger partial charge on any atom is 0.0954 e. The van der Waals surface area contributed by atoms with Crippen LogP contribution in [-0.4, -0.2) is 30.3 Å². The first-order chi connectivity index (χ1) is 4.70. The van der Waals surface area contributed by atoms with Gasteiger partial charge in [0.2, 0.25) is 0 Å². The Hall–Kier alpha value is -0.0800. The third kappa shape index (κ3) is 4.77. The normalized spacial score (nSPS) is 14.1. The molecule has 2 heteroatoms. The number of hydrogen-bond acceptors (Lipinski definition) is 2. The molecule has 62 valence electrons. The fraction of sp³-hybridized carbons (Fsp3) is 1.00. The van der Waals surface area contributed by atoms with Crippen LogP contribution in [0, 0.1) is 5.92 Å². The van der Waals surface area contributed by atoms with Gasteiger partial charge in [-0.25, -0.2) is 0 Å². The Balaban J connectivity index is 3.27. The van der Waals surface area contributed by atoms with Crippen molar-refractivity contribution in [3.05, 3.63) is 0 Å². The van der Waals surface area contributed by atoms with E-state index in [9.17, 15) is 0 Å². The molecule has 0 radical (unpaired) electrons. The van der Waals surface area contributed by atoms with Crippen LogP contribution < -0.4 is 0 Å². The summed E-state index contributed by atoms with van der Waals surface area (Å²) in [4.78, 5) is 1.93. The first-order valence-corrected chi connectivity index (χ1v) is 4.00.